The molecule has 0 aliphatic rings. The van der Waals surface area contributed by atoms with Crippen LogP contribution in [0.3, 0.4) is 0 Å². The lowest BCUT2D eigenvalue weighted by molar-refractivity contribution is 0.700. The zero-order valence-electron chi connectivity index (χ0n) is 11.7. The number of nitrogens with one attached hydrogen (secondary N) is 2. The lowest BCUT2D eigenvalue weighted by Crippen LogP contribution is -2.41. The molecule has 1 aromatic carbocycles. The maximum atomic E-state index is 4.58. The second kappa shape index (κ2) is 9.19. The van der Waals surface area contributed by atoms with E-state index in [1.54, 1.807) is 0 Å². The van der Waals surface area contributed by atoms with Crippen molar-refractivity contribution in [3.8, 4) is 0 Å². The summed E-state index contributed by atoms with van der Waals surface area (Å²) in [5, 5.41) is 6.55. The SMILES string of the molecule is CCNC(=NCc1ccccc1C)NC(C)C.I. The Bertz CT molecular complexity index is 375. The summed E-state index contributed by atoms with van der Waals surface area (Å²) < 4.78 is 0. The fourth-order valence-corrected chi connectivity index (χ4v) is 1.55. The molecule has 0 unspecified atom stereocenters. The molecule has 3 nitrogen and oxygen atoms in total. The highest BCUT2D eigenvalue weighted by Gasteiger charge is 2.00. The third-order valence-corrected chi connectivity index (χ3v) is 2.44. The average Bonchev–Trinajstić information content (AvgIpc) is 2.27. The fourth-order valence-electron chi connectivity index (χ4n) is 1.55. The lowest BCUT2D eigenvalue weighted by atomic mass is 10.1. The van der Waals surface area contributed by atoms with Crippen molar-refractivity contribution < 1.29 is 0 Å². The van der Waals surface area contributed by atoms with E-state index in [-0.39, 0.29) is 24.0 Å². The van der Waals surface area contributed by atoms with E-state index >= 15 is 0 Å². The summed E-state index contributed by atoms with van der Waals surface area (Å²) in [5.41, 5.74) is 2.56. The Hall–Kier alpha value is -0.780. The summed E-state index contributed by atoms with van der Waals surface area (Å²) in [6, 6.07) is 8.75. The van der Waals surface area contributed by atoms with Gasteiger partial charge in [-0.3, -0.25) is 0 Å². The summed E-state index contributed by atoms with van der Waals surface area (Å²) in [7, 11) is 0. The molecule has 0 aliphatic heterocycles. The molecule has 0 saturated carbocycles. The molecule has 0 fully saturated rings. The van der Waals surface area contributed by atoms with Crippen LogP contribution < -0.4 is 10.6 Å². The van der Waals surface area contributed by atoms with Gasteiger partial charge in [-0.1, -0.05) is 24.3 Å². The smallest absolute Gasteiger partial charge is 0.191 e. The Kier molecular flexibility index (Phi) is 8.79. The van der Waals surface area contributed by atoms with Gasteiger partial charge < -0.3 is 10.6 Å². The van der Waals surface area contributed by atoms with E-state index in [1.807, 2.05) is 0 Å². The van der Waals surface area contributed by atoms with Crippen molar-refractivity contribution in [2.24, 2.45) is 4.99 Å². The highest BCUT2D eigenvalue weighted by Crippen LogP contribution is 2.07. The Morgan fingerprint density at radius 1 is 1.28 bits per heavy atom. The van der Waals surface area contributed by atoms with Crippen LogP contribution >= 0.6 is 24.0 Å². The molecule has 0 atom stereocenters. The monoisotopic (exact) mass is 361 g/mol. The summed E-state index contributed by atoms with van der Waals surface area (Å²) in [6.07, 6.45) is 0. The third kappa shape index (κ3) is 6.23. The molecule has 0 amide bonds. The van der Waals surface area contributed by atoms with Crippen LogP contribution in [0.15, 0.2) is 29.3 Å². The maximum Gasteiger partial charge on any atom is 0.191 e. The zero-order chi connectivity index (χ0) is 12.7. The molecule has 102 valence electrons. The minimum Gasteiger partial charge on any atom is -0.357 e. The second-order valence-corrected chi connectivity index (χ2v) is 4.42. The first-order valence-corrected chi connectivity index (χ1v) is 6.22. The van der Waals surface area contributed by atoms with E-state index in [0.717, 1.165) is 12.5 Å². The topological polar surface area (TPSA) is 36.4 Å². The van der Waals surface area contributed by atoms with Gasteiger partial charge in [0.15, 0.2) is 5.96 Å². The molecule has 18 heavy (non-hydrogen) atoms. The van der Waals surface area contributed by atoms with Crippen LogP contribution in [0.25, 0.3) is 0 Å². The van der Waals surface area contributed by atoms with Gasteiger partial charge in [0.2, 0.25) is 0 Å². The predicted molar refractivity (Wildman–Crippen MR) is 89.7 cm³/mol. The number of halogens is 1. The number of hydrogen-bond donors (Lipinski definition) is 2. The third-order valence-electron chi connectivity index (χ3n) is 2.44. The second-order valence-electron chi connectivity index (χ2n) is 4.42. The first-order chi connectivity index (χ1) is 8.13. The molecule has 0 saturated heterocycles. The first-order valence-electron chi connectivity index (χ1n) is 6.22. The molecule has 1 rings (SSSR count). The molecular formula is C14H24IN3. The summed E-state index contributed by atoms with van der Waals surface area (Å²) in [6.45, 7) is 10.0. The van der Waals surface area contributed by atoms with Crippen molar-refractivity contribution in [1.82, 2.24) is 10.6 Å². The number of hydrogen-bond acceptors (Lipinski definition) is 1. The summed E-state index contributed by atoms with van der Waals surface area (Å²) >= 11 is 0. The number of guanidine groups is 1. The average molecular weight is 361 g/mol. The molecule has 0 radical (unpaired) electrons. The van der Waals surface area contributed by atoms with E-state index in [0.29, 0.717) is 12.6 Å². The molecule has 0 bridgehead atoms. The zero-order valence-corrected chi connectivity index (χ0v) is 14.0. The van der Waals surface area contributed by atoms with Crippen LogP contribution in [0, 0.1) is 6.92 Å². The van der Waals surface area contributed by atoms with Crippen molar-refractivity contribution in [3.63, 3.8) is 0 Å². The highest BCUT2D eigenvalue weighted by molar-refractivity contribution is 14.0. The molecule has 2 N–H and O–H groups in total. The van der Waals surface area contributed by atoms with Gasteiger partial charge >= 0.3 is 0 Å². The normalized spacial score (nSPS) is 11.1. The van der Waals surface area contributed by atoms with Crippen LogP contribution in [0.5, 0.6) is 0 Å². The van der Waals surface area contributed by atoms with Crippen molar-refractivity contribution in [2.75, 3.05) is 6.54 Å². The molecule has 0 aliphatic carbocycles. The highest BCUT2D eigenvalue weighted by atomic mass is 127. The van der Waals surface area contributed by atoms with Gasteiger partial charge in [0.05, 0.1) is 6.54 Å². The van der Waals surface area contributed by atoms with E-state index in [4.69, 9.17) is 0 Å². The molecule has 1 aromatic rings. The molecule has 0 heterocycles. The van der Waals surface area contributed by atoms with Crippen LogP contribution in [0.1, 0.15) is 31.9 Å². The van der Waals surface area contributed by atoms with Crippen LogP contribution in [-0.4, -0.2) is 18.5 Å². The van der Waals surface area contributed by atoms with Crippen molar-refractivity contribution in [3.05, 3.63) is 35.4 Å². The Balaban J connectivity index is 0.00000289. The predicted octanol–water partition coefficient (Wildman–Crippen LogP) is 3.08. The van der Waals surface area contributed by atoms with Gasteiger partial charge in [0, 0.05) is 12.6 Å². The Morgan fingerprint density at radius 3 is 2.50 bits per heavy atom. The van der Waals surface area contributed by atoms with Crippen molar-refractivity contribution in [1.29, 1.82) is 0 Å². The van der Waals surface area contributed by atoms with Crippen LogP contribution in [0.4, 0.5) is 0 Å². The molecule has 0 spiro atoms. The summed E-state index contributed by atoms with van der Waals surface area (Å²) in [4.78, 5) is 4.58. The van der Waals surface area contributed by atoms with E-state index in [9.17, 15) is 0 Å². The van der Waals surface area contributed by atoms with Crippen molar-refractivity contribution in [2.45, 2.75) is 40.3 Å². The number of nitrogens with zero attached hydrogens (tertiary/aromatic N) is 1. The first kappa shape index (κ1) is 17.2. The number of aliphatic imine (C=N–C) groups is 1. The standard InChI is InChI=1S/C14H23N3.HI/c1-5-15-14(17-11(2)3)16-10-13-9-7-6-8-12(13)4;/h6-9,11H,5,10H2,1-4H3,(H2,15,16,17);1H. The van der Waals surface area contributed by atoms with E-state index in [1.165, 1.54) is 11.1 Å². The molecule has 4 heteroatoms. The van der Waals surface area contributed by atoms with Gasteiger partial charge in [-0.2, -0.15) is 0 Å². The van der Waals surface area contributed by atoms with Crippen LogP contribution in [0.2, 0.25) is 0 Å². The lowest BCUT2D eigenvalue weighted by Gasteiger charge is -2.14. The van der Waals surface area contributed by atoms with Gasteiger partial charge in [-0.15, -0.1) is 24.0 Å². The minimum absolute atomic E-state index is 0. The summed E-state index contributed by atoms with van der Waals surface area (Å²) in [5.74, 6) is 0.880. The van der Waals surface area contributed by atoms with Gasteiger partial charge in [0.1, 0.15) is 0 Å². The number of benzene rings is 1. The number of aryl methyl sites for hydroxylation is 1. The Labute approximate surface area is 127 Å². The fraction of sp³-hybridized carbons (Fsp3) is 0.500. The largest absolute Gasteiger partial charge is 0.357 e. The van der Waals surface area contributed by atoms with Gasteiger partial charge in [0.25, 0.3) is 0 Å². The number of rotatable bonds is 4. The molecular weight excluding hydrogens is 337 g/mol. The minimum atomic E-state index is 0. The molecule has 0 aromatic heterocycles. The van der Waals surface area contributed by atoms with Crippen LogP contribution in [-0.2, 0) is 6.54 Å². The van der Waals surface area contributed by atoms with E-state index < -0.39 is 0 Å². The van der Waals surface area contributed by atoms with Gasteiger partial charge in [-0.25, -0.2) is 4.99 Å². The van der Waals surface area contributed by atoms with Gasteiger partial charge in [-0.05, 0) is 38.8 Å². The van der Waals surface area contributed by atoms with Crippen molar-refractivity contribution >= 4 is 29.9 Å². The quantitative estimate of drug-likeness (QED) is 0.491. The van der Waals surface area contributed by atoms with E-state index in [2.05, 4.69) is 67.6 Å². The maximum absolute atomic E-state index is 4.58. The Morgan fingerprint density at radius 2 is 1.94 bits per heavy atom.